The summed E-state index contributed by atoms with van der Waals surface area (Å²) in [5, 5.41) is 1.96. The first-order valence-electron chi connectivity index (χ1n) is 5.21. The molecule has 0 saturated carbocycles. The predicted octanol–water partition coefficient (Wildman–Crippen LogP) is 2.31. The molecule has 82 valence electrons. The van der Waals surface area contributed by atoms with E-state index in [1.54, 1.807) is 0 Å². The van der Waals surface area contributed by atoms with Gasteiger partial charge in [-0.3, -0.25) is 4.79 Å². The molecule has 3 rings (SSSR count). The highest BCUT2D eigenvalue weighted by atomic mass is 16.5. The number of carbonyl (C=O) groups is 2. The first kappa shape index (κ1) is 9.78. The summed E-state index contributed by atoms with van der Waals surface area (Å²) in [6.45, 7) is 0. The number of hydrogen-bond acceptors (Lipinski definition) is 3. The number of cyclic esters (lactones) is 1. The molecular weight excluding hydrogens is 216 g/mol. The fourth-order valence-corrected chi connectivity index (χ4v) is 1.98. The van der Waals surface area contributed by atoms with E-state index in [0.717, 1.165) is 16.3 Å². The van der Waals surface area contributed by atoms with Crippen LogP contribution in [0.4, 0.5) is 0 Å². The van der Waals surface area contributed by atoms with Gasteiger partial charge in [-0.1, -0.05) is 42.5 Å². The lowest BCUT2D eigenvalue weighted by atomic mass is 9.97. The zero-order valence-corrected chi connectivity index (χ0v) is 8.84. The van der Waals surface area contributed by atoms with E-state index in [-0.39, 0.29) is 0 Å². The Balaban J connectivity index is 2.25. The summed E-state index contributed by atoms with van der Waals surface area (Å²) < 4.78 is 4.63. The van der Waals surface area contributed by atoms with Gasteiger partial charge in [0.2, 0.25) is 0 Å². The highest BCUT2D eigenvalue weighted by molar-refractivity contribution is 6.54. The third kappa shape index (κ3) is 1.44. The molecule has 0 aliphatic carbocycles. The van der Waals surface area contributed by atoms with Crippen molar-refractivity contribution in [2.45, 2.75) is 0 Å². The summed E-state index contributed by atoms with van der Waals surface area (Å²) in [6, 6.07) is 13.3. The molecule has 3 heteroatoms. The lowest BCUT2D eigenvalue weighted by Gasteiger charge is -2.04. The molecular formula is C14H8O3. The molecule has 0 bridgehead atoms. The zero-order chi connectivity index (χ0) is 11.8. The Morgan fingerprint density at radius 2 is 1.65 bits per heavy atom. The maximum atomic E-state index is 11.6. The van der Waals surface area contributed by atoms with Crippen molar-refractivity contribution in [1.82, 2.24) is 0 Å². The summed E-state index contributed by atoms with van der Waals surface area (Å²) in [5.74, 6) is -1.39. The minimum Gasteiger partial charge on any atom is -0.428 e. The molecule has 0 unspecified atom stereocenters. The predicted molar refractivity (Wildman–Crippen MR) is 63.0 cm³/mol. The monoisotopic (exact) mass is 224 g/mol. The minimum absolute atomic E-state index is 0.326. The third-order valence-corrected chi connectivity index (χ3v) is 2.79. The van der Waals surface area contributed by atoms with Crippen molar-refractivity contribution in [3.05, 3.63) is 54.3 Å². The van der Waals surface area contributed by atoms with Crippen molar-refractivity contribution in [2.24, 2.45) is 0 Å². The van der Waals surface area contributed by atoms with E-state index >= 15 is 0 Å². The van der Waals surface area contributed by atoms with Gasteiger partial charge in [0, 0.05) is 0 Å². The number of Topliss-reactive ketones (excluding diaryl/α,β-unsaturated/α-hetero) is 1. The molecule has 2 aromatic carbocycles. The van der Waals surface area contributed by atoms with Crippen molar-refractivity contribution in [2.75, 3.05) is 0 Å². The highest BCUT2D eigenvalue weighted by Crippen LogP contribution is 2.28. The van der Waals surface area contributed by atoms with Gasteiger partial charge in [0.15, 0.2) is 0 Å². The van der Waals surface area contributed by atoms with E-state index in [1.807, 2.05) is 42.5 Å². The van der Waals surface area contributed by atoms with Crippen molar-refractivity contribution in [3.8, 4) is 0 Å². The van der Waals surface area contributed by atoms with Crippen LogP contribution in [0.5, 0.6) is 0 Å². The average Bonchev–Trinajstić information content (AvgIpc) is 2.69. The Morgan fingerprint density at radius 3 is 2.41 bits per heavy atom. The van der Waals surface area contributed by atoms with Crippen molar-refractivity contribution in [3.63, 3.8) is 0 Å². The molecule has 1 aliphatic heterocycles. The van der Waals surface area contributed by atoms with Crippen LogP contribution in [0.2, 0.25) is 0 Å². The topological polar surface area (TPSA) is 43.4 Å². The Labute approximate surface area is 97.3 Å². The van der Waals surface area contributed by atoms with Gasteiger partial charge in [-0.2, -0.15) is 0 Å². The fraction of sp³-hybridized carbons (Fsp3) is 0. The molecule has 0 saturated heterocycles. The first-order chi connectivity index (χ1) is 8.27. The second-order valence-electron chi connectivity index (χ2n) is 3.79. The lowest BCUT2D eigenvalue weighted by molar-refractivity contribution is -0.145. The van der Waals surface area contributed by atoms with Crippen LogP contribution in [0.1, 0.15) is 5.56 Å². The van der Waals surface area contributed by atoms with Crippen LogP contribution in [0, 0.1) is 0 Å². The number of carbonyl (C=O) groups excluding carboxylic acids is 2. The number of esters is 1. The molecule has 1 aliphatic rings. The van der Waals surface area contributed by atoms with Crippen LogP contribution in [-0.4, -0.2) is 11.8 Å². The normalized spacial score (nSPS) is 14.9. The van der Waals surface area contributed by atoms with E-state index in [1.165, 1.54) is 6.26 Å². The summed E-state index contributed by atoms with van der Waals surface area (Å²) in [6.07, 6.45) is 1.23. The smallest absolute Gasteiger partial charge is 0.384 e. The summed E-state index contributed by atoms with van der Waals surface area (Å²) in [4.78, 5) is 22.7. The molecule has 3 nitrogen and oxygen atoms in total. The van der Waals surface area contributed by atoms with Crippen LogP contribution < -0.4 is 0 Å². The molecule has 0 aromatic heterocycles. The number of fused-ring (bicyclic) bond motifs is 1. The average molecular weight is 224 g/mol. The van der Waals surface area contributed by atoms with Gasteiger partial charge in [-0.25, -0.2) is 4.79 Å². The number of benzene rings is 2. The molecule has 0 fully saturated rings. The first-order valence-corrected chi connectivity index (χ1v) is 5.21. The van der Waals surface area contributed by atoms with Crippen LogP contribution in [-0.2, 0) is 14.3 Å². The van der Waals surface area contributed by atoms with E-state index in [0.29, 0.717) is 5.57 Å². The van der Waals surface area contributed by atoms with E-state index in [2.05, 4.69) is 4.74 Å². The third-order valence-electron chi connectivity index (χ3n) is 2.79. The van der Waals surface area contributed by atoms with Gasteiger partial charge in [-0.05, 0) is 16.3 Å². The number of ketones is 1. The standard InChI is InChI=1S/C14H8O3/c15-13-12(8-17-14(13)16)11-7-3-5-9-4-1-2-6-10(9)11/h1-8H. The van der Waals surface area contributed by atoms with Crippen LogP contribution in [0.15, 0.2) is 48.7 Å². The molecule has 0 spiro atoms. The summed E-state index contributed by atoms with van der Waals surface area (Å²) in [7, 11) is 0. The van der Waals surface area contributed by atoms with E-state index < -0.39 is 11.8 Å². The van der Waals surface area contributed by atoms with Crippen molar-refractivity contribution >= 4 is 28.1 Å². The van der Waals surface area contributed by atoms with Crippen molar-refractivity contribution in [1.29, 1.82) is 0 Å². The van der Waals surface area contributed by atoms with Crippen molar-refractivity contribution < 1.29 is 14.3 Å². The second-order valence-corrected chi connectivity index (χ2v) is 3.79. The fourth-order valence-electron chi connectivity index (χ4n) is 1.98. The number of ether oxygens (including phenoxy) is 1. The maximum Gasteiger partial charge on any atom is 0.384 e. The number of hydrogen-bond donors (Lipinski definition) is 0. The second kappa shape index (κ2) is 3.56. The SMILES string of the molecule is O=C1OC=C(c2cccc3ccccc23)C1=O. The Kier molecular flexibility index (Phi) is 2.05. The van der Waals surface area contributed by atoms with E-state index in [4.69, 9.17) is 0 Å². The summed E-state index contributed by atoms with van der Waals surface area (Å²) >= 11 is 0. The molecule has 0 radical (unpaired) electrons. The Bertz CT molecular complexity index is 663. The number of rotatable bonds is 1. The molecule has 17 heavy (non-hydrogen) atoms. The van der Waals surface area contributed by atoms with Gasteiger partial charge in [0.1, 0.15) is 6.26 Å². The lowest BCUT2D eigenvalue weighted by Crippen LogP contribution is -2.09. The van der Waals surface area contributed by atoms with Gasteiger partial charge in [-0.15, -0.1) is 0 Å². The molecule has 1 heterocycles. The Morgan fingerprint density at radius 1 is 0.882 bits per heavy atom. The molecule has 0 amide bonds. The zero-order valence-electron chi connectivity index (χ0n) is 8.84. The summed E-state index contributed by atoms with van der Waals surface area (Å²) in [5.41, 5.74) is 1.06. The highest BCUT2D eigenvalue weighted by Gasteiger charge is 2.28. The Hall–Kier alpha value is -2.42. The molecule has 0 atom stereocenters. The molecule has 2 aromatic rings. The molecule has 0 N–H and O–H groups in total. The van der Waals surface area contributed by atoms with Gasteiger partial charge in [0.05, 0.1) is 5.57 Å². The quantitative estimate of drug-likeness (QED) is 0.551. The van der Waals surface area contributed by atoms with Gasteiger partial charge < -0.3 is 4.74 Å². The van der Waals surface area contributed by atoms with Crippen LogP contribution in [0.25, 0.3) is 16.3 Å². The van der Waals surface area contributed by atoms with Crippen LogP contribution in [0.3, 0.4) is 0 Å². The largest absolute Gasteiger partial charge is 0.428 e. The van der Waals surface area contributed by atoms with Gasteiger partial charge >= 0.3 is 5.97 Å². The minimum atomic E-state index is -0.812. The van der Waals surface area contributed by atoms with E-state index in [9.17, 15) is 9.59 Å². The maximum absolute atomic E-state index is 11.6. The van der Waals surface area contributed by atoms with Crippen LogP contribution >= 0.6 is 0 Å². The van der Waals surface area contributed by atoms with Gasteiger partial charge in [0.25, 0.3) is 5.78 Å².